The molecule has 0 radical (unpaired) electrons. The summed E-state index contributed by atoms with van der Waals surface area (Å²) in [6.07, 6.45) is 1.49. The third kappa shape index (κ3) is 5.86. The summed E-state index contributed by atoms with van der Waals surface area (Å²) in [6, 6.07) is 13.0. The zero-order valence-corrected chi connectivity index (χ0v) is 17.9. The van der Waals surface area contributed by atoms with Gasteiger partial charge in [-0.25, -0.2) is 13.8 Å². The van der Waals surface area contributed by atoms with Crippen molar-refractivity contribution in [2.45, 2.75) is 4.90 Å². The van der Waals surface area contributed by atoms with E-state index in [9.17, 15) is 18.3 Å². The molecule has 10 heteroatoms. The van der Waals surface area contributed by atoms with Gasteiger partial charge in [-0.2, -0.15) is 9.41 Å². The molecule has 0 aromatic heterocycles. The first-order valence-electron chi connectivity index (χ1n) is 8.93. The zero-order valence-electron chi connectivity index (χ0n) is 15.5. The average molecular weight is 481 g/mol. The van der Waals surface area contributed by atoms with Gasteiger partial charge in [0.25, 0.3) is 5.91 Å². The third-order valence-electron chi connectivity index (χ3n) is 4.45. The van der Waals surface area contributed by atoms with Crippen molar-refractivity contribution >= 4 is 38.1 Å². The number of amides is 1. The smallest absolute Gasteiger partial charge is 0.254 e. The number of halogens is 1. The van der Waals surface area contributed by atoms with E-state index >= 15 is 0 Å². The number of hydrazone groups is 1. The number of phenols is 1. The van der Waals surface area contributed by atoms with Crippen molar-refractivity contribution in [1.82, 2.24) is 14.6 Å². The fraction of sp³-hybridized carbons (Fsp3) is 0.263. The highest BCUT2D eigenvalue weighted by Crippen LogP contribution is 2.20. The van der Waals surface area contributed by atoms with Crippen molar-refractivity contribution in [3.63, 3.8) is 0 Å². The largest absolute Gasteiger partial charge is 0.508 e. The molecule has 1 saturated heterocycles. The first-order valence-corrected chi connectivity index (χ1v) is 11.2. The number of carbonyl (C=O) groups is 1. The van der Waals surface area contributed by atoms with Crippen LogP contribution in [0, 0.1) is 0 Å². The van der Waals surface area contributed by atoms with Crippen LogP contribution in [0.25, 0.3) is 0 Å². The second kappa shape index (κ2) is 9.49. The predicted octanol–water partition coefficient (Wildman–Crippen LogP) is 1.61. The zero-order chi connectivity index (χ0) is 20.9. The van der Waals surface area contributed by atoms with Gasteiger partial charge in [-0.3, -0.25) is 9.69 Å². The SMILES string of the molecule is O=C(CN1CCN(S(=O)(=O)c2ccc(Br)cc2)CC1)N/N=C\c1ccc(O)cc1. The van der Waals surface area contributed by atoms with E-state index in [1.165, 1.54) is 22.7 Å². The Kier molecular flexibility index (Phi) is 7.01. The maximum atomic E-state index is 12.7. The molecule has 1 fully saturated rings. The van der Waals surface area contributed by atoms with Gasteiger partial charge in [0, 0.05) is 30.7 Å². The lowest BCUT2D eigenvalue weighted by Crippen LogP contribution is -2.50. The summed E-state index contributed by atoms with van der Waals surface area (Å²) < 4.78 is 27.7. The molecule has 1 aliphatic heterocycles. The number of nitrogens with one attached hydrogen (secondary N) is 1. The second-order valence-electron chi connectivity index (χ2n) is 6.52. The Morgan fingerprint density at radius 1 is 1.07 bits per heavy atom. The van der Waals surface area contributed by atoms with E-state index in [0.29, 0.717) is 26.2 Å². The van der Waals surface area contributed by atoms with Gasteiger partial charge in [0.1, 0.15) is 5.75 Å². The van der Waals surface area contributed by atoms with Crippen LogP contribution in [0.4, 0.5) is 0 Å². The quantitative estimate of drug-likeness (QED) is 0.482. The van der Waals surface area contributed by atoms with Crippen molar-refractivity contribution in [3.8, 4) is 5.75 Å². The van der Waals surface area contributed by atoms with Gasteiger partial charge < -0.3 is 5.11 Å². The first-order chi connectivity index (χ1) is 13.8. The summed E-state index contributed by atoms with van der Waals surface area (Å²) in [5, 5.41) is 13.1. The Morgan fingerprint density at radius 2 is 1.69 bits per heavy atom. The highest BCUT2D eigenvalue weighted by Gasteiger charge is 2.28. The minimum Gasteiger partial charge on any atom is -0.508 e. The number of hydrogen-bond donors (Lipinski definition) is 2. The lowest BCUT2D eigenvalue weighted by molar-refractivity contribution is -0.122. The van der Waals surface area contributed by atoms with Crippen LogP contribution in [0.2, 0.25) is 0 Å². The number of rotatable bonds is 6. The lowest BCUT2D eigenvalue weighted by Gasteiger charge is -2.33. The van der Waals surface area contributed by atoms with Crippen molar-refractivity contribution in [3.05, 3.63) is 58.6 Å². The Balaban J connectivity index is 1.47. The van der Waals surface area contributed by atoms with Crippen LogP contribution in [0.15, 0.2) is 63.0 Å². The van der Waals surface area contributed by atoms with E-state index in [0.717, 1.165) is 10.0 Å². The van der Waals surface area contributed by atoms with Gasteiger partial charge in [-0.15, -0.1) is 0 Å². The average Bonchev–Trinajstić information content (AvgIpc) is 2.70. The molecule has 2 aromatic carbocycles. The molecule has 1 heterocycles. The van der Waals surface area contributed by atoms with E-state index < -0.39 is 10.0 Å². The molecule has 0 atom stereocenters. The molecule has 3 rings (SSSR count). The molecule has 29 heavy (non-hydrogen) atoms. The lowest BCUT2D eigenvalue weighted by atomic mass is 10.2. The first kappa shape index (κ1) is 21.4. The molecule has 0 bridgehead atoms. The standard InChI is InChI=1S/C19H21BrN4O4S/c20-16-3-7-18(8-4-16)29(27,28)24-11-9-23(10-12-24)14-19(26)22-21-13-15-1-5-17(25)6-2-15/h1-8,13,25H,9-12,14H2,(H,22,26)/b21-13-. The van der Waals surface area contributed by atoms with E-state index in [2.05, 4.69) is 26.5 Å². The van der Waals surface area contributed by atoms with Gasteiger partial charge in [-0.05, 0) is 54.1 Å². The topological polar surface area (TPSA) is 102 Å². The molecule has 1 aliphatic rings. The Labute approximate surface area is 178 Å². The number of piperazine rings is 1. The minimum atomic E-state index is -3.53. The maximum absolute atomic E-state index is 12.7. The second-order valence-corrected chi connectivity index (χ2v) is 9.37. The number of phenolic OH excluding ortho intramolecular Hbond substituents is 1. The van der Waals surface area contributed by atoms with Crippen LogP contribution >= 0.6 is 15.9 Å². The molecule has 2 aromatic rings. The van der Waals surface area contributed by atoms with E-state index in [1.54, 1.807) is 36.4 Å². The number of aromatic hydroxyl groups is 1. The van der Waals surface area contributed by atoms with Gasteiger partial charge in [-0.1, -0.05) is 15.9 Å². The Morgan fingerprint density at radius 3 is 2.31 bits per heavy atom. The molecule has 8 nitrogen and oxygen atoms in total. The summed E-state index contributed by atoms with van der Waals surface area (Å²) in [5.74, 6) is -0.114. The molecular formula is C19H21BrN4O4S. The van der Waals surface area contributed by atoms with Gasteiger partial charge in [0.05, 0.1) is 17.7 Å². The van der Waals surface area contributed by atoms with E-state index in [-0.39, 0.29) is 23.1 Å². The molecule has 0 aliphatic carbocycles. The van der Waals surface area contributed by atoms with Crippen LogP contribution in [-0.2, 0) is 14.8 Å². The van der Waals surface area contributed by atoms with Gasteiger partial charge in [0.15, 0.2) is 0 Å². The summed E-state index contributed by atoms with van der Waals surface area (Å²) >= 11 is 3.30. The molecule has 0 saturated carbocycles. The molecule has 2 N–H and O–H groups in total. The van der Waals surface area contributed by atoms with Crippen molar-refractivity contribution in [2.75, 3.05) is 32.7 Å². The number of benzene rings is 2. The molecule has 1 amide bonds. The molecule has 0 spiro atoms. The highest BCUT2D eigenvalue weighted by atomic mass is 79.9. The van der Waals surface area contributed by atoms with Gasteiger partial charge in [0.2, 0.25) is 10.0 Å². The number of nitrogens with zero attached hydrogens (tertiary/aromatic N) is 3. The molecule has 0 unspecified atom stereocenters. The summed E-state index contributed by atoms with van der Waals surface area (Å²) in [6.45, 7) is 1.71. The number of sulfonamides is 1. The Hall–Kier alpha value is -2.27. The van der Waals surface area contributed by atoms with Crippen LogP contribution in [0.3, 0.4) is 0 Å². The minimum absolute atomic E-state index is 0.138. The maximum Gasteiger partial charge on any atom is 0.254 e. The van der Waals surface area contributed by atoms with Crippen LogP contribution < -0.4 is 5.43 Å². The molecule has 154 valence electrons. The van der Waals surface area contributed by atoms with E-state index in [4.69, 9.17) is 0 Å². The van der Waals surface area contributed by atoms with Crippen LogP contribution in [-0.4, -0.2) is 67.6 Å². The summed E-state index contributed by atoms with van der Waals surface area (Å²) in [4.78, 5) is 14.2. The summed E-state index contributed by atoms with van der Waals surface area (Å²) in [7, 11) is -3.53. The number of carbonyl (C=O) groups excluding carboxylic acids is 1. The number of hydrogen-bond acceptors (Lipinski definition) is 6. The van der Waals surface area contributed by atoms with Crippen LogP contribution in [0.5, 0.6) is 5.75 Å². The summed E-state index contributed by atoms with van der Waals surface area (Å²) in [5.41, 5.74) is 3.20. The monoisotopic (exact) mass is 480 g/mol. The van der Waals surface area contributed by atoms with Crippen molar-refractivity contribution in [2.24, 2.45) is 5.10 Å². The fourth-order valence-electron chi connectivity index (χ4n) is 2.86. The van der Waals surface area contributed by atoms with Crippen molar-refractivity contribution < 1.29 is 18.3 Å². The van der Waals surface area contributed by atoms with Crippen molar-refractivity contribution in [1.29, 1.82) is 0 Å². The van der Waals surface area contributed by atoms with Crippen LogP contribution in [0.1, 0.15) is 5.56 Å². The van der Waals surface area contributed by atoms with E-state index in [1.807, 2.05) is 4.90 Å². The highest BCUT2D eigenvalue weighted by molar-refractivity contribution is 9.10. The normalized spacial score (nSPS) is 16.2. The Bertz CT molecular complexity index is 970. The van der Waals surface area contributed by atoms with Gasteiger partial charge >= 0.3 is 0 Å². The molecular weight excluding hydrogens is 460 g/mol. The predicted molar refractivity (Wildman–Crippen MR) is 113 cm³/mol. The fourth-order valence-corrected chi connectivity index (χ4v) is 4.55. The third-order valence-corrected chi connectivity index (χ3v) is 6.89.